The maximum Gasteiger partial charge on any atom is 0.155 e. The van der Waals surface area contributed by atoms with Crippen LogP contribution in [0, 0.1) is 34.0 Å². The molecule has 6 atom stereocenters. The summed E-state index contributed by atoms with van der Waals surface area (Å²) in [6.07, 6.45) is 11.2. The molecule has 2 saturated carbocycles. The van der Waals surface area contributed by atoms with Crippen molar-refractivity contribution in [1.29, 1.82) is 0 Å². The molecule has 4 aliphatic rings. The second-order valence-electron chi connectivity index (χ2n) is 10.1. The minimum atomic E-state index is -0.200. The Labute approximate surface area is 158 Å². The van der Waals surface area contributed by atoms with E-state index >= 15 is 0 Å². The van der Waals surface area contributed by atoms with Crippen LogP contribution in [0.15, 0.2) is 23.3 Å². The van der Waals surface area contributed by atoms with Gasteiger partial charge in [0.25, 0.3) is 0 Å². The van der Waals surface area contributed by atoms with Gasteiger partial charge in [0.1, 0.15) is 5.78 Å². The molecule has 0 heterocycles. The van der Waals surface area contributed by atoms with Crippen molar-refractivity contribution in [1.82, 2.24) is 0 Å². The molecule has 26 heavy (non-hydrogen) atoms. The second kappa shape index (κ2) is 5.66. The van der Waals surface area contributed by atoms with Crippen molar-refractivity contribution >= 4 is 11.6 Å². The number of allylic oxidation sites excluding steroid dienone is 4. The molecule has 0 N–H and O–H groups in total. The summed E-state index contributed by atoms with van der Waals surface area (Å²) in [4.78, 5) is 25.0. The van der Waals surface area contributed by atoms with E-state index in [0.29, 0.717) is 42.2 Å². The van der Waals surface area contributed by atoms with Crippen LogP contribution in [0.3, 0.4) is 0 Å². The Morgan fingerprint density at radius 1 is 1.23 bits per heavy atom. The molecule has 0 aromatic rings. The zero-order valence-corrected chi connectivity index (χ0v) is 17.2. The highest BCUT2D eigenvalue weighted by Gasteiger charge is 2.64. The average molecular weight is 355 g/mol. The predicted octanol–water partition coefficient (Wildman–Crippen LogP) is 5.67. The lowest BCUT2D eigenvalue weighted by molar-refractivity contribution is -0.137. The van der Waals surface area contributed by atoms with E-state index in [1.165, 1.54) is 12.0 Å². The fraction of sp³-hybridized carbons (Fsp3) is 0.750. The maximum absolute atomic E-state index is 13.0. The van der Waals surface area contributed by atoms with Crippen LogP contribution in [0.4, 0.5) is 0 Å². The van der Waals surface area contributed by atoms with Crippen molar-refractivity contribution < 1.29 is 9.59 Å². The Morgan fingerprint density at radius 3 is 2.65 bits per heavy atom. The van der Waals surface area contributed by atoms with E-state index in [1.807, 2.05) is 13.0 Å². The predicted molar refractivity (Wildman–Crippen MR) is 105 cm³/mol. The zero-order valence-electron chi connectivity index (χ0n) is 17.2. The zero-order chi connectivity index (χ0) is 18.9. The summed E-state index contributed by atoms with van der Waals surface area (Å²) in [5.41, 5.74) is 2.95. The largest absolute Gasteiger partial charge is 0.299 e. The monoisotopic (exact) mass is 354 g/mol. The Kier molecular flexibility index (Phi) is 3.96. The topological polar surface area (TPSA) is 34.1 Å². The SMILES string of the molecule is CCC(=O)[C@@]1(C)[C@@H](C)CC2C3CCC4=CC(=O)CC[C@]4(C)C3=CC[C@@]21C. The van der Waals surface area contributed by atoms with Crippen LogP contribution in [-0.2, 0) is 9.59 Å². The summed E-state index contributed by atoms with van der Waals surface area (Å²) in [7, 11) is 0. The van der Waals surface area contributed by atoms with E-state index in [1.54, 1.807) is 5.57 Å². The Hall–Kier alpha value is -1.18. The summed E-state index contributed by atoms with van der Waals surface area (Å²) in [5.74, 6) is 2.42. The quantitative estimate of drug-likeness (QED) is 0.599. The molecule has 0 aromatic carbocycles. The van der Waals surface area contributed by atoms with Crippen molar-refractivity contribution in [2.75, 3.05) is 0 Å². The van der Waals surface area contributed by atoms with Crippen molar-refractivity contribution in [3.8, 4) is 0 Å². The fourth-order valence-corrected chi connectivity index (χ4v) is 7.39. The van der Waals surface area contributed by atoms with Crippen LogP contribution in [0.25, 0.3) is 0 Å². The third kappa shape index (κ3) is 2.05. The highest BCUT2D eigenvalue weighted by molar-refractivity contribution is 5.92. The van der Waals surface area contributed by atoms with Gasteiger partial charge in [-0.15, -0.1) is 0 Å². The molecule has 2 nitrogen and oxygen atoms in total. The molecule has 0 bridgehead atoms. The van der Waals surface area contributed by atoms with Gasteiger partial charge < -0.3 is 0 Å². The molecule has 0 aliphatic heterocycles. The van der Waals surface area contributed by atoms with E-state index in [9.17, 15) is 9.59 Å². The van der Waals surface area contributed by atoms with Gasteiger partial charge in [-0.25, -0.2) is 0 Å². The third-order valence-corrected chi connectivity index (χ3v) is 9.41. The number of rotatable bonds is 2. The number of fused-ring (bicyclic) bond motifs is 5. The van der Waals surface area contributed by atoms with Crippen LogP contribution in [0.2, 0.25) is 0 Å². The van der Waals surface area contributed by atoms with Crippen LogP contribution in [-0.4, -0.2) is 11.6 Å². The summed E-state index contributed by atoms with van der Waals surface area (Å²) in [6.45, 7) is 11.4. The van der Waals surface area contributed by atoms with Gasteiger partial charge in [0.05, 0.1) is 0 Å². The highest BCUT2D eigenvalue weighted by atomic mass is 16.1. The smallest absolute Gasteiger partial charge is 0.155 e. The molecule has 0 spiro atoms. The van der Waals surface area contributed by atoms with E-state index < -0.39 is 0 Å². The lowest BCUT2D eigenvalue weighted by Gasteiger charge is -2.55. The number of carbonyl (C=O) groups excluding carboxylic acids is 2. The Morgan fingerprint density at radius 2 is 1.96 bits per heavy atom. The molecule has 4 rings (SSSR count). The maximum atomic E-state index is 13.0. The molecule has 0 amide bonds. The van der Waals surface area contributed by atoms with Gasteiger partial charge in [0, 0.05) is 23.7 Å². The van der Waals surface area contributed by atoms with Gasteiger partial charge in [0.15, 0.2) is 5.78 Å². The molecule has 2 heteroatoms. The first-order valence-corrected chi connectivity index (χ1v) is 10.7. The van der Waals surface area contributed by atoms with Gasteiger partial charge in [-0.1, -0.05) is 51.8 Å². The average Bonchev–Trinajstić information content (AvgIpc) is 2.83. The van der Waals surface area contributed by atoms with Gasteiger partial charge in [-0.3, -0.25) is 9.59 Å². The highest BCUT2D eigenvalue weighted by Crippen LogP contribution is 2.69. The van der Waals surface area contributed by atoms with E-state index in [0.717, 1.165) is 25.7 Å². The Bertz CT molecular complexity index is 728. The summed E-state index contributed by atoms with van der Waals surface area (Å²) < 4.78 is 0. The molecule has 4 aliphatic carbocycles. The third-order valence-electron chi connectivity index (χ3n) is 9.41. The molecule has 142 valence electrons. The molecule has 2 fully saturated rings. The van der Waals surface area contributed by atoms with Gasteiger partial charge in [-0.2, -0.15) is 0 Å². The van der Waals surface area contributed by atoms with Crippen LogP contribution in [0.5, 0.6) is 0 Å². The molecular formula is C24H34O2. The van der Waals surface area contributed by atoms with Gasteiger partial charge in [0.2, 0.25) is 0 Å². The molecule has 0 saturated heterocycles. The van der Waals surface area contributed by atoms with Crippen LogP contribution in [0.1, 0.15) is 79.6 Å². The number of hydrogen-bond acceptors (Lipinski definition) is 2. The molecule has 2 unspecified atom stereocenters. The molecule has 0 aromatic heterocycles. The number of carbonyl (C=O) groups is 2. The van der Waals surface area contributed by atoms with E-state index in [4.69, 9.17) is 0 Å². The first-order valence-electron chi connectivity index (χ1n) is 10.7. The number of Topliss-reactive ketones (excluding diaryl/α,β-unsaturated/α-hetero) is 1. The van der Waals surface area contributed by atoms with Crippen molar-refractivity contribution in [2.45, 2.75) is 79.6 Å². The van der Waals surface area contributed by atoms with Crippen molar-refractivity contribution in [3.05, 3.63) is 23.3 Å². The van der Waals surface area contributed by atoms with Crippen molar-refractivity contribution in [3.63, 3.8) is 0 Å². The minimum absolute atomic E-state index is 0.0791. The van der Waals surface area contributed by atoms with Crippen molar-refractivity contribution in [2.24, 2.45) is 34.0 Å². The van der Waals surface area contributed by atoms with Crippen LogP contribution < -0.4 is 0 Å². The first-order chi connectivity index (χ1) is 12.2. The van der Waals surface area contributed by atoms with Gasteiger partial charge in [-0.05, 0) is 61.3 Å². The lowest BCUT2D eigenvalue weighted by Crippen LogP contribution is -2.50. The lowest BCUT2D eigenvalue weighted by atomic mass is 9.48. The standard InChI is InChI=1S/C24H34O2/c1-6-21(26)24(5)15(2)13-20-18-8-7-16-14-17(25)9-11-22(16,3)19(18)10-12-23(20,24)4/h10,14-15,18,20H,6-9,11-13H2,1-5H3/t15-,18?,20?,22-,23-,24+/m0/s1. The fourth-order valence-electron chi connectivity index (χ4n) is 7.39. The molecule has 0 radical (unpaired) electrons. The number of ketones is 2. The Balaban J connectivity index is 1.78. The second-order valence-corrected chi connectivity index (χ2v) is 10.1. The summed E-state index contributed by atoms with van der Waals surface area (Å²) in [6, 6.07) is 0. The molecular weight excluding hydrogens is 320 g/mol. The summed E-state index contributed by atoms with van der Waals surface area (Å²) >= 11 is 0. The normalized spacial score (nSPS) is 47.4. The summed E-state index contributed by atoms with van der Waals surface area (Å²) in [5, 5.41) is 0. The van der Waals surface area contributed by atoms with E-state index in [2.05, 4.69) is 33.8 Å². The van der Waals surface area contributed by atoms with Crippen LogP contribution >= 0.6 is 0 Å². The minimum Gasteiger partial charge on any atom is -0.299 e. The first kappa shape index (κ1) is 18.2. The number of hydrogen-bond donors (Lipinski definition) is 0. The van der Waals surface area contributed by atoms with E-state index in [-0.39, 0.29) is 16.2 Å². The van der Waals surface area contributed by atoms with Gasteiger partial charge >= 0.3 is 0 Å².